The van der Waals surface area contributed by atoms with Gasteiger partial charge in [0.25, 0.3) is 0 Å². The van der Waals surface area contributed by atoms with Crippen LogP contribution in [0.15, 0.2) is 0 Å². The topological polar surface area (TPSA) is 46.2 Å². The maximum absolute atomic E-state index is 11.8. The maximum atomic E-state index is 11.8. The smallest absolute Gasteiger partial charge is 0.163 e. The van der Waals surface area contributed by atoms with Gasteiger partial charge in [0.05, 0.1) is 11.6 Å². The summed E-state index contributed by atoms with van der Waals surface area (Å²) < 4.78 is 23.6. The number of nitrogens with one attached hydrogen (secondary N) is 1. The molecule has 2 saturated carbocycles. The summed E-state index contributed by atoms with van der Waals surface area (Å²) in [6.45, 7) is 4.54. The molecule has 3 aliphatic rings. The van der Waals surface area contributed by atoms with E-state index in [2.05, 4.69) is 19.2 Å². The molecule has 3 unspecified atom stereocenters. The fraction of sp³-hybridized carbons (Fsp3) is 1.00. The monoisotopic (exact) mass is 229 g/mol. The summed E-state index contributed by atoms with van der Waals surface area (Å²) in [5.74, 6) is 1.34. The molecular weight excluding hydrogens is 210 g/mol. The first kappa shape index (κ1) is 10.1. The fourth-order valence-electron chi connectivity index (χ4n) is 4.38. The number of fused-ring (bicyclic) bond motifs is 1. The molecule has 0 amide bonds. The zero-order chi connectivity index (χ0) is 10.9. The molecular formula is C11H19NO2S. The molecule has 1 heterocycles. The van der Waals surface area contributed by atoms with Gasteiger partial charge in [0, 0.05) is 11.5 Å². The molecule has 2 bridgehead atoms. The van der Waals surface area contributed by atoms with Crippen molar-refractivity contribution in [1.82, 2.24) is 5.32 Å². The fourth-order valence-corrected chi connectivity index (χ4v) is 6.44. The Morgan fingerprint density at radius 3 is 2.73 bits per heavy atom. The molecule has 86 valence electrons. The van der Waals surface area contributed by atoms with Gasteiger partial charge in [-0.2, -0.15) is 0 Å². The number of sulfone groups is 1. The summed E-state index contributed by atoms with van der Waals surface area (Å²) in [5.41, 5.74) is 0.243. The summed E-state index contributed by atoms with van der Waals surface area (Å²) in [6, 6.07) is 0.453. The van der Waals surface area contributed by atoms with Crippen LogP contribution < -0.4 is 5.32 Å². The Labute approximate surface area is 91.5 Å². The Hall–Kier alpha value is -0.0900. The van der Waals surface area contributed by atoms with Gasteiger partial charge in [-0.1, -0.05) is 13.8 Å². The van der Waals surface area contributed by atoms with E-state index in [0.29, 0.717) is 11.8 Å². The summed E-state index contributed by atoms with van der Waals surface area (Å²) in [4.78, 5) is 0. The Morgan fingerprint density at radius 2 is 2.07 bits per heavy atom. The lowest BCUT2D eigenvalue weighted by Gasteiger charge is -2.45. The second-order valence-electron chi connectivity index (χ2n) is 6.14. The van der Waals surface area contributed by atoms with Gasteiger partial charge in [-0.3, -0.25) is 0 Å². The third-order valence-electron chi connectivity index (χ3n) is 5.46. The molecule has 2 aliphatic carbocycles. The summed E-state index contributed by atoms with van der Waals surface area (Å²) in [7, 11) is -2.86. The Kier molecular flexibility index (Phi) is 1.74. The summed E-state index contributed by atoms with van der Waals surface area (Å²) in [6.07, 6.45) is 3.50. The van der Waals surface area contributed by atoms with Crippen LogP contribution >= 0.6 is 0 Å². The van der Waals surface area contributed by atoms with Gasteiger partial charge in [0.1, 0.15) is 0 Å². The van der Waals surface area contributed by atoms with Crippen molar-refractivity contribution in [2.24, 2.45) is 16.7 Å². The summed E-state index contributed by atoms with van der Waals surface area (Å²) in [5, 5.41) is 3.26. The van der Waals surface area contributed by atoms with Crippen molar-refractivity contribution in [3.63, 3.8) is 0 Å². The maximum Gasteiger partial charge on any atom is 0.163 e. The molecule has 3 rings (SSSR count). The van der Waals surface area contributed by atoms with Gasteiger partial charge in [-0.05, 0) is 30.6 Å². The first-order valence-electron chi connectivity index (χ1n) is 5.81. The molecule has 0 aromatic rings. The van der Waals surface area contributed by atoms with E-state index in [4.69, 9.17) is 0 Å². The first-order valence-corrected chi connectivity index (χ1v) is 7.63. The van der Waals surface area contributed by atoms with Crippen LogP contribution in [0.25, 0.3) is 0 Å². The molecule has 1 N–H and O–H groups in total. The van der Waals surface area contributed by atoms with Crippen LogP contribution in [0.4, 0.5) is 0 Å². The van der Waals surface area contributed by atoms with E-state index in [1.54, 1.807) is 0 Å². The van der Waals surface area contributed by atoms with Crippen LogP contribution in [0.5, 0.6) is 0 Å². The van der Waals surface area contributed by atoms with E-state index < -0.39 is 9.84 Å². The van der Waals surface area contributed by atoms with Crippen molar-refractivity contribution >= 4 is 9.84 Å². The summed E-state index contributed by atoms with van der Waals surface area (Å²) >= 11 is 0. The van der Waals surface area contributed by atoms with E-state index in [-0.39, 0.29) is 16.7 Å². The van der Waals surface area contributed by atoms with Crippen molar-refractivity contribution in [3.05, 3.63) is 0 Å². The van der Waals surface area contributed by atoms with Crippen molar-refractivity contribution in [2.75, 3.05) is 11.6 Å². The Bertz CT molecular complexity index is 401. The Balaban J connectivity index is 2.08. The lowest BCUT2D eigenvalue weighted by atomic mass is 9.69. The van der Waals surface area contributed by atoms with Gasteiger partial charge < -0.3 is 5.32 Å². The van der Waals surface area contributed by atoms with Gasteiger partial charge in [-0.15, -0.1) is 0 Å². The van der Waals surface area contributed by atoms with E-state index in [1.165, 1.54) is 12.8 Å². The molecule has 1 aliphatic heterocycles. The van der Waals surface area contributed by atoms with Crippen molar-refractivity contribution < 1.29 is 8.42 Å². The van der Waals surface area contributed by atoms with Crippen LogP contribution in [0.1, 0.15) is 33.1 Å². The second-order valence-corrected chi connectivity index (χ2v) is 8.20. The van der Waals surface area contributed by atoms with Crippen LogP contribution in [-0.4, -0.2) is 26.1 Å². The van der Waals surface area contributed by atoms with E-state index in [9.17, 15) is 8.42 Å². The lowest BCUT2D eigenvalue weighted by molar-refractivity contribution is 0.121. The van der Waals surface area contributed by atoms with Crippen molar-refractivity contribution in [2.45, 2.75) is 39.2 Å². The van der Waals surface area contributed by atoms with Crippen LogP contribution in [-0.2, 0) is 9.84 Å². The van der Waals surface area contributed by atoms with Crippen LogP contribution in [0, 0.1) is 16.7 Å². The Morgan fingerprint density at radius 1 is 1.33 bits per heavy atom. The molecule has 4 heteroatoms. The zero-order valence-corrected chi connectivity index (χ0v) is 10.2. The minimum absolute atomic E-state index is 0.0365. The van der Waals surface area contributed by atoms with Crippen molar-refractivity contribution in [1.29, 1.82) is 0 Å². The standard InChI is InChI=1S/C11H19NO2S/c1-10(2)8-3-4-11(10)6-15(13,14)7-12-9(11)5-8/h8-9,12H,3-7H2,1-2H3. The van der Waals surface area contributed by atoms with E-state index >= 15 is 0 Å². The van der Waals surface area contributed by atoms with Gasteiger partial charge in [0.15, 0.2) is 9.84 Å². The highest BCUT2D eigenvalue weighted by Gasteiger charge is 2.66. The predicted octanol–water partition coefficient (Wildman–Crippen LogP) is 1.16. The van der Waals surface area contributed by atoms with Gasteiger partial charge in [-0.25, -0.2) is 8.42 Å². The molecule has 0 aromatic heterocycles. The van der Waals surface area contributed by atoms with Crippen LogP contribution in [0.2, 0.25) is 0 Å². The van der Waals surface area contributed by atoms with Crippen molar-refractivity contribution in [3.8, 4) is 0 Å². The average Bonchev–Trinajstić information content (AvgIpc) is 2.47. The number of hydrogen-bond donors (Lipinski definition) is 1. The molecule has 3 fully saturated rings. The highest BCUT2D eigenvalue weighted by molar-refractivity contribution is 7.91. The molecule has 0 aromatic carbocycles. The van der Waals surface area contributed by atoms with Gasteiger partial charge in [0.2, 0.25) is 0 Å². The highest BCUT2D eigenvalue weighted by atomic mass is 32.2. The zero-order valence-electron chi connectivity index (χ0n) is 9.41. The molecule has 3 atom stereocenters. The molecule has 3 nitrogen and oxygen atoms in total. The number of rotatable bonds is 0. The number of hydrogen-bond acceptors (Lipinski definition) is 3. The normalized spacial score (nSPS) is 50.3. The second kappa shape index (κ2) is 2.59. The highest BCUT2D eigenvalue weighted by Crippen LogP contribution is 2.66. The predicted molar refractivity (Wildman–Crippen MR) is 59.1 cm³/mol. The molecule has 15 heavy (non-hydrogen) atoms. The first-order chi connectivity index (χ1) is 6.87. The van der Waals surface area contributed by atoms with E-state index in [1.807, 2.05) is 0 Å². The lowest BCUT2D eigenvalue weighted by Crippen LogP contribution is -2.56. The van der Waals surface area contributed by atoms with Crippen LogP contribution in [0.3, 0.4) is 0 Å². The minimum Gasteiger partial charge on any atom is -0.300 e. The largest absolute Gasteiger partial charge is 0.300 e. The van der Waals surface area contributed by atoms with E-state index in [0.717, 1.165) is 12.3 Å². The average molecular weight is 229 g/mol. The quantitative estimate of drug-likeness (QED) is 0.678. The SMILES string of the molecule is CC1(C)C2CCC13CS(=O)(=O)CNC3C2. The molecule has 1 spiro atoms. The molecule has 1 saturated heterocycles. The third kappa shape index (κ3) is 1.07. The molecule has 0 radical (unpaired) electrons. The van der Waals surface area contributed by atoms with Gasteiger partial charge >= 0.3 is 0 Å². The minimum atomic E-state index is -2.86. The third-order valence-corrected chi connectivity index (χ3v) is 7.02.